The van der Waals surface area contributed by atoms with Gasteiger partial charge in [-0.2, -0.15) is 5.10 Å². The zero-order valence-corrected chi connectivity index (χ0v) is 14.0. The topological polar surface area (TPSA) is 73.6 Å². The van der Waals surface area contributed by atoms with Crippen molar-refractivity contribution >= 4 is 17.3 Å². The largest absolute Gasteiger partial charge is 0.464 e. The van der Waals surface area contributed by atoms with E-state index in [0.717, 1.165) is 29.6 Å². The second kappa shape index (κ2) is 5.81. The minimum atomic E-state index is -0.562. The number of ketones is 1. The summed E-state index contributed by atoms with van der Waals surface area (Å²) in [5.41, 5.74) is 3.58. The molecule has 1 saturated carbocycles. The molecule has 0 N–H and O–H groups in total. The van der Waals surface area contributed by atoms with E-state index < -0.39 is 5.97 Å². The Labute approximate surface area is 144 Å². The van der Waals surface area contributed by atoms with E-state index in [-0.39, 0.29) is 17.2 Å². The van der Waals surface area contributed by atoms with Crippen LogP contribution < -0.4 is 0 Å². The zero-order valence-electron chi connectivity index (χ0n) is 14.0. The molecule has 126 valence electrons. The van der Waals surface area contributed by atoms with Crippen molar-refractivity contribution in [2.45, 2.75) is 25.7 Å². The Morgan fingerprint density at radius 3 is 2.64 bits per heavy atom. The van der Waals surface area contributed by atoms with Crippen molar-refractivity contribution in [1.29, 1.82) is 0 Å². The lowest BCUT2D eigenvalue weighted by molar-refractivity contribution is 0.0594. The van der Waals surface area contributed by atoms with Gasteiger partial charge in [0.1, 0.15) is 11.4 Å². The van der Waals surface area contributed by atoms with Crippen molar-refractivity contribution in [3.05, 3.63) is 64.7 Å². The Morgan fingerprint density at radius 2 is 1.92 bits per heavy atom. The molecule has 6 nitrogen and oxygen atoms in total. The number of methoxy groups -OCH3 is 1. The van der Waals surface area contributed by atoms with Gasteiger partial charge in [0.05, 0.1) is 23.9 Å². The van der Waals surface area contributed by atoms with Crippen LogP contribution >= 0.6 is 0 Å². The summed E-state index contributed by atoms with van der Waals surface area (Å²) in [4.78, 5) is 29.0. The minimum absolute atomic E-state index is 0.119. The summed E-state index contributed by atoms with van der Waals surface area (Å²) < 4.78 is 6.45. The summed E-state index contributed by atoms with van der Waals surface area (Å²) >= 11 is 0. The number of nitrogens with zero attached hydrogens (tertiary/aromatic N) is 3. The van der Waals surface area contributed by atoms with Gasteiger partial charge in [0, 0.05) is 12.1 Å². The van der Waals surface area contributed by atoms with E-state index in [0.29, 0.717) is 11.5 Å². The summed E-state index contributed by atoms with van der Waals surface area (Å²) in [6.07, 6.45) is 3.99. The maximum Gasteiger partial charge on any atom is 0.356 e. The van der Waals surface area contributed by atoms with Gasteiger partial charge in [0.25, 0.3) is 0 Å². The Bertz CT molecular complexity index is 1000. The maximum absolute atomic E-state index is 13.2. The molecule has 3 aromatic heterocycles. The summed E-state index contributed by atoms with van der Waals surface area (Å²) in [7, 11) is 1.29. The third-order valence-corrected chi connectivity index (χ3v) is 4.37. The van der Waals surface area contributed by atoms with E-state index >= 15 is 0 Å². The second-order valence-corrected chi connectivity index (χ2v) is 6.30. The first-order valence-corrected chi connectivity index (χ1v) is 8.17. The van der Waals surface area contributed by atoms with E-state index in [1.807, 2.05) is 25.3 Å². The normalized spacial score (nSPS) is 13.8. The zero-order chi connectivity index (χ0) is 17.6. The predicted molar refractivity (Wildman–Crippen MR) is 90.9 cm³/mol. The Hall–Kier alpha value is -3.02. The van der Waals surface area contributed by atoms with Crippen LogP contribution in [0.25, 0.3) is 5.52 Å². The number of carbonyl (C=O) groups excluding carboxylic acids is 2. The molecule has 0 unspecified atom stereocenters. The Balaban J connectivity index is 1.85. The maximum atomic E-state index is 13.2. The van der Waals surface area contributed by atoms with E-state index in [1.165, 1.54) is 13.2 Å². The number of ether oxygens (including phenoxy) is 1. The van der Waals surface area contributed by atoms with E-state index in [4.69, 9.17) is 0 Å². The summed E-state index contributed by atoms with van der Waals surface area (Å²) in [5, 5.41) is 4.63. The Kier molecular flexibility index (Phi) is 3.60. The van der Waals surface area contributed by atoms with Gasteiger partial charge in [0.2, 0.25) is 5.78 Å². The molecule has 3 heterocycles. The second-order valence-electron chi connectivity index (χ2n) is 6.30. The van der Waals surface area contributed by atoms with Gasteiger partial charge >= 0.3 is 5.97 Å². The first-order valence-electron chi connectivity index (χ1n) is 8.17. The molecule has 0 saturated heterocycles. The molecule has 0 amide bonds. The van der Waals surface area contributed by atoms with E-state index in [2.05, 4.69) is 14.8 Å². The van der Waals surface area contributed by atoms with Crippen LogP contribution in [0.3, 0.4) is 0 Å². The van der Waals surface area contributed by atoms with Crippen molar-refractivity contribution in [3.8, 4) is 0 Å². The average Bonchev–Trinajstić information content (AvgIpc) is 3.41. The predicted octanol–water partition coefficient (Wildman–Crippen LogP) is 2.93. The van der Waals surface area contributed by atoms with Gasteiger partial charge in [-0.3, -0.25) is 4.79 Å². The fraction of sp³-hybridized carbons (Fsp3) is 0.263. The van der Waals surface area contributed by atoms with Crippen molar-refractivity contribution < 1.29 is 14.3 Å². The molecule has 0 bridgehead atoms. The van der Waals surface area contributed by atoms with Gasteiger partial charge in [-0.15, -0.1) is 0 Å². The van der Waals surface area contributed by atoms with Gasteiger partial charge in [-0.25, -0.2) is 14.3 Å². The van der Waals surface area contributed by atoms with Gasteiger partial charge < -0.3 is 4.74 Å². The molecule has 1 fully saturated rings. The van der Waals surface area contributed by atoms with Crippen LogP contribution in [0.4, 0.5) is 0 Å². The molecule has 0 spiro atoms. The van der Waals surface area contributed by atoms with Crippen LogP contribution in [-0.2, 0) is 4.74 Å². The van der Waals surface area contributed by atoms with Gasteiger partial charge in [-0.1, -0.05) is 12.1 Å². The lowest BCUT2D eigenvalue weighted by Gasteiger charge is -2.04. The van der Waals surface area contributed by atoms with Gasteiger partial charge in [0.15, 0.2) is 0 Å². The summed E-state index contributed by atoms with van der Waals surface area (Å²) in [6, 6.07) is 8.65. The molecule has 4 rings (SSSR count). The van der Waals surface area contributed by atoms with Crippen LogP contribution in [0, 0.1) is 6.92 Å². The third kappa shape index (κ3) is 2.69. The van der Waals surface area contributed by atoms with E-state index in [9.17, 15) is 9.59 Å². The molecule has 0 aromatic carbocycles. The highest BCUT2D eigenvalue weighted by Crippen LogP contribution is 2.42. The minimum Gasteiger partial charge on any atom is -0.464 e. The molecular formula is C19H17N3O3. The number of carbonyl (C=O) groups is 2. The lowest BCUT2D eigenvalue weighted by Crippen LogP contribution is -2.11. The number of aryl methyl sites for hydroxylation is 1. The number of hydrogen-bond donors (Lipinski definition) is 0. The number of esters is 1. The smallest absolute Gasteiger partial charge is 0.356 e. The molecule has 25 heavy (non-hydrogen) atoms. The quantitative estimate of drug-likeness (QED) is 0.541. The Morgan fingerprint density at radius 1 is 1.16 bits per heavy atom. The first-order chi connectivity index (χ1) is 12.1. The van der Waals surface area contributed by atoms with Crippen molar-refractivity contribution in [2.75, 3.05) is 7.11 Å². The number of rotatable bonds is 4. The molecule has 1 aliphatic rings. The monoisotopic (exact) mass is 335 g/mol. The fourth-order valence-corrected chi connectivity index (χ4v) is 2.95. The average molecular weight is 335 g/mol. The summed E-state index contributed by atoms with van der Waals surface area (Å²) in [5.74, 6) is -0.456. The third-order valence-electron chi connectivity index (χ3n) is 4.37. The number of hydrogen-bond acceptors (Lipinski definition) is 5. The molecule has 6 heteroatoms. The highest BCUT2D eigenvalue weighted by molar-refractivity contribution is 6.13. The molecule has 3 aromatic rings. The van der Waals surface area contributed by atoms with Crippen molar-refractivity contribution in [3.63, 3.8) is 0 Å². The van der Waals surface area contributed by atoms with Crippen LogP contribution in [0.15, 0.2) is 36.5 Å². The molecule has 0 atom stereocenters. The van der Waals surface area contributed by atoms with Crippen LogP contribution in [0.5, 0.6) is 0 Å². The first kappa shape index (κ1) is 15.5. The molecular weight excluding hydrogens is 318 g/mol. The van der Waals surface area contributed by atoms with Crippen LogP contribution in [-0.4, -0.2) is 33.5 Å². The van der Waals surface area contributed by atoms with Crippen molar-refractivity contribution in [1.82, 2.24) is 14.6 Å². The fourth-order valence-electron chi connectivity index (χ4n) is 2.95. The number of aromatic nitrogens is 3. The number of pyridine rings is 2. The van der Waals surface area contributed by atoms with Gasteiger partial charge in [-0.05, 0) is 43.5 Å². The highest BCUT2D eigenvalue weighted by Gasteiger charge is 2.33. The van der Waals surface area contributed by atoms with Crippen LogP contribution in [0.2, 0.25) is 0 Å². The van der Waals surface area contributed by atoms with Crippen molar-refractivity contribution in [2.24, 2.45) is 0 Å². The SMILES string of the molecule is COC(=O)c1cccc(C(=O)c2c(C3CC3)nn3cc(C)ccc23)n1. The number of fused-ring (bicyclic) bond motifs is 1. The lowest BCUT2D eigenvalue weighted by atomic mass is 10.0. The molecule has 1 aliphatic carbocycles. The molecule has 0 radical (unpaired) electrons. The van der Waals surface area contributed by atoms with Crippen LogP contribution in [0.1, 0.15) is 56.6 Å². The van der Waals surface area contributed by atoms with E-state index in [1.54, 1.807) is 16.6 Å². The highest BCUT2D eigenvalue weighted by atomic mass is 16.5. The standard InChI is InChI=1S/C19H17N3O3/c1-11-6-9-15-16(17(12-7-8-12)21-22(15)10-11)18(23)13-4-3-5-14(20-13)19(24)25-2/h3-6,9-10,12H,7-8H2,1-2H3. The summed E-state index contributed by atoms with van der Waals surface area (Å²) in [6.45, 7) is 1.99. The molecule has 0 aliphatic heterocycles.